The van der Waals surface area contributed by atoms with Crippen molar-refractivity contribution >= 4 is 11.8 Å². The fourth-order valence-electron chi connectivity index (χ4n) is 2.68. The number of carbonyl (C=O) groups excluding carboxylic acids is 2. The molecule has 1 aliphatic heterocycles. The second kappa shape index (κ2) is 6.85. The van der Waals surface area contributed by atoms with Crippen LogP contribution in [0.25, 0.3) is 0 Å². The molecule has 1 aromatic carbocycles. The molecule has 0 N–H and O–H groups in total. The Morgan fingerprint density at radius 1 is 1.33 bits per heavy atom. The summed E-state index contributed by atoms with van der Waals surface area (Å²) in [5.41, 5.74) is 2.07. The number of esters is 1. The molecule has 0 radical (unpaired) electrons. The van der Waals surface area contributed by atoms with Crippen LogP contribution in [0.1, 0.15) is 38.0 Å². The number of fused-ring (bicyclic) bond motifs is 1. The van der Waals surface area contributed by atoms with Gasteiger partial charge in [0.2, 0.25) is 0 Å². The topological polar surface area (TPSA) is 52.6 Å². The molecule has 0 aromatic heterocycles. The Labute approximate surface area is 125 Å². The largest absolute Gasteiger partial charge is 0.465 e. The molecular weight excluding hydrogens is 268 g/mol. The number of ether oxygens (including phenoxy) is 2. The standard InChI is InChI=1S/C17H22O4/c1-4-20-17(19)14(15(18)11(2)3)16-13-8-6-5-7-12(13)9-10-21-16/h5-8,11,14,16H,4,9-10H2,1-3H3. The first kappa shape index (κ1) is 15.7. The molecule has 0 amide bonds. The van der Waals surface area contributed by atoms with Gasteiger partial charge in [-0.15, -0.1) is 0 Å². The number of ketones is 1. The normalized spacial score (nSPS) is 19.0. The highest BCUT2D eigenvalue weighted by molar-refractivity contribution is 6.00. The van der Waals surface area contributed by atoms with E-state index in [1.807, 2.05) is 24.3 Å². The Balaban J connectivity index is 2.38. The summed E-state index contributed by atoms with van der Waals surface area (Å²) in [6.45, 7) is 6.11. The molecule has 21 heavy (non-hydrogen) atoms. The molecule has 0 fully saturated rings. The highest BCUT2D eigenvalue weighted by Gasteiger charge is 2.40. The van der Waals surface area contributed by atoms with Gasteiger partial charge in [0, 0.05) is 5.92 Å². The van der Waals surface area contributed by atoms with Crippen LogP contribution in [-0.2, 0) is 25.5 Å². The van der Waals surface area contributed by atoms with Crippen LogP contribution in [0.3, 0.4) is 0 Å². The minimum Gasteiger partial charge on any atom is -0.465 e. The van der Waals surface area contributed by atoms with Crippen LogP contribution in [0, 0.1) is 11.8 Å². The maximum absolute atomic E-state index is 12.5. The van der Waals surface area contributed by atoms with E-state index in [-0.39, 0.29) is 18.3 Å². The average molecular weight is 290 g/mol. The van der Waals surface area contributed by atoms with E-state index in [0.29, 0.717) is 6.61 Å². The molecule has 0 aliphatic carbocycles. The van der Waals surface area contributed by atoms with Crippen molar-refractivity contribution in [3.8, 4) is 0 Å². The van der Waals surface area contributed by atoms with Crippen LogP contribution >= 0.6 is 0 Å². The van der Waals surface area contributed by atoms with Gasteiger partial charge in [-0.3, -0.25) is 9.59 Å². The lowest BCUT2D eigenvalue weighted by atomic mass is 9.83. The van der Waals surface area contributed by atoms with Gasteiger partial charge >= 0.3 is 5.97 Å². The Bertz CT molecular complexity index is 521. The number of rotatable bonds is 5. The van der Waals surface area contributed by atoms with Crippen molar-refractivity contribution in [3.05, 3.63) is 35.4 Å². The molecule has 114 valence electrons. The van der Waals surface area contributed by atoms with Gasteiger partial charge in [0.25, 0.3) is 0 Å². The van der Waals surface area contributed by atoms with Gasteiger partial charge in [-0.2, -0.15) is 0 Å². The maximum Gasteiger partial charge on any atom is 0.319 e. The molecule has 4 heteroatoms. The molecule has 2 rings (SSSR count). The highest BCUT2D eigenvalue weighted by atomic mass is 16.5. The Morgan fingerprint density at radius 3 is 2.71 bits per heavy atom. The molecule has 0 spiro atoms. The third kappa shape index (κ3) is 3.32. The second-order valence-corrected chi connectivity index (χ2v) is 5.53. The molecule has 0 saturated heterocycles. The Morgan fingerprint density at radius 2 is 2.05 bits per heavy atom. The summed E-state index contributed by atoms with van der Waals surface area (Å²) in [4.78, 5) is 24.8. The highest BCUT2D eigenvalue weighted by Crippen LogP contribution is 2.35. The summed E-state index contributed by atoms with van der Waals surface area (Å²) in [6.07, 6.45) is 0.266. The number of hydrogen-bond acceptors (Lipinski definition) is 4. The van der Waals surface area contributed by atoms with Crippen molar-refractivity contribution in [3.63, 3.8) is 0 Å². The first-order valence-electron chi connectivity index (χ1n) is 7.46. The van der Waals surface area contributed by atoms with Crippen molar-refractivity contribution in [1.82, 2.24) is 0 Å². The van der Waals surface area contributed by atoms with Gasteiger partial charge in [-0.25, -0.2) is 0 Å². The summed E-state index contributed by atoms with van der Waals surface area (Å²) in [6, 6.07) is 7.82. The quantitative estimate of drug-likeness (QED) is 0.618. The van der Waals surface area contributed by atoms with E-state index in [1.165, 1.54) is 0 Å². The Hall–Kier alpha value is -1.68. The molecule has 1 aromatic rings. The third-order valence-electron chi connectivity index (χ3n) is 3.75. The van der Waals surface area contributed by atoms with Crippen molar-refractivity contribution in [2.45, 2.75) is 33.3 Å². The van der Waals surface area contributed by atoms with Gasteiger partial charge < -0.3 is 9.47 Å². The molecular formula is C17H22O4. The van der Waals surface area contributed by atoms with Crippen LogP contribution < -0.4 is 0 Å². The van der Waals surface area contributed by atoms with Gasteiger partial charge in [0.1, 0.15) is 12.0 Å². The SMILES string of the molecule is CCOC(=O)C(C(=O)C(C)C)C1OCCc2ccccc21. The van der Waals surface area contributed by atoms with Gasteiger partial charge in [0.05, 0.1) is 13.2 Å². The molecule has 2 unspecified atom stereocenters. The summed E-state index contributed by atoms with van der Waals surface area (Å²) in [5.74, 6) is -1.74. The van der Waals surface area contributed by atoms with Gasteiger partial charge in [0.15, 0.2) is 5.78 Å². The zero-order valence-electron chi connectivity index (χ0n) is 12.8. The van der Waals surface area contributed by atoms with E-state index in [4.69, 9.17) is 9.47 Å². The third-order valence-corrected chi connectivity index (χ3v) is 3.75. The number of carbonyl (C=O) groups is 2. The summed E-state index contributed by atoms with van der Waals surface area (Å²) < 4.78 is 10.9. The number of Topliss-reactive ketones (excluding diaryl/α,β-unsaturated/α-hetero) is 1. The maximum atomic E-state index is 12.5. The molecule has 4 nitrogen and oxygen atoms in total. The van der Waals surface area contributed by atoms with Crippen molar-refractivity contribution in [2.75, 3.05) is 13.2 Å². The number of hydrogen-bond donors (Lipinski definition) is 0. The van der Waals surface area contributed by atoms with E-state index in [9.17, 15) is 9.59 Å². The minimum atomic E-state index is -0.883. The smallest absolute Gasteiger partial charge is 0.319 e. The van der Waals surface area contributed by atoms with E-state index in [1.54, 1.807) is 20.8 Å². The van der Waals surface area contributed by atoms with Crippen LogP contribution in [0.2, 0.25) is 0 Å². The Kier molecular flexibility index (Phi) is 5.12. The molecule has 1 heterocycles. The lowest BCUT2D eigenvalue weighted by molar-refractivity contribution is -0.160. The lowest BCUT2D eigenvalue weighted by Gasteiger charge is -2.31. The van der Waals surface area contributed by atoms with Gasteiger partial charge in [-0.1, -0.05) is 38.1 Å². The average Bonchev–Trinajstić information content (AvgIpc) is 2.48. The molecule has 0 saturated carbocycles. The minimum absolute atomic E-state index is 0.129. The van der Waals surface area contributed by atoms with Crippen LogP contribution in [-0.4, -0.2) is 25.0 Å². The van der Waals surface area contributed by atoms with Gasteiger partial charge in [-0.05, 0) is 24.5 Å². The molecule has 2 atom stereocenters. The van der Waals surface area contributed by atoms with Crippen LogP contribution in [0.15, 0.2) is 24.3 Å². The fourth-order valence-corrected chi connectivity index (χ4v) is 2.68. The van der Waals surface area contributed by atoms with E-state index >= 15 is 0 Å². The van der Waals surface area contributed by atoms with E-state index in [2.05, 4.69) is 0 Å². The summed E-state index contributed by atoms with van der Waals surface area (Å²) in [7, 11) is 0. The van der Waals surface area contributed by atoms with E-state index < -0.39 is 18.0 Å². The summed E-state index contributed by atoms with van der Waals surface area (Å²) in [5, 5.41) is 0. The van der Waals surface area contributed by atoms with Crippen molar-refractivity contribution < 1.29 is 19.1 Å². The van der Waals surface area contributed by atoms with E-state index in [0.717, 1.165) is 17.5 Å². The van der Waals surface area contributed by atoms with Crippen molar-refractivity contribution in [2.24, 2.45) is 11.8 Å². The summed E-state index contributed by atoms with van der Waals surface area (Å²) >= 11 is 0. The zero-order valence-corrected chi connectivity index (χ0v) is 12.8. The predicted octanol–water partition coefficient (Wildman–Crippen LogP) is 2.70. The molecule has 0 bridgehead atoms. The first-order chi connectivity index (χ1) is 10.1. The number of benzene rings is 1. The van der Waals surface area contributed by atoms with Crippen LogP contribution in [0.5, 0.6) is 0 Å². The fraction of sp³-hybridized carbons (Fsp3) is 0.529. The second-order valence-electron chi connectivity index (χ2n) is 5.53. The van der Waals surface area contributed by atoms with Crippen molar-refractivity contribution in [1.29, 1.82) is 0 Å². The monoisotopic (exact) mass is 290 g/mol. The zero-order chi connectivity index (χ0) is 15.4. The van der Waals surface area contributed by atoms with Crippen LogP contribution in [0.4, 0.5) is 0 Å². The molecule has 1 aliphatic rings. The first-order valence-corrected chi connectivity index (χ1v) is 7.46. The predicted molar refractivity (Wildman–Crippen MR) is 78.8 cm³/mol. The lowest BCUT2D eigenvalue weighted by Crippen LogP contribution is -2.37.